The van der Waals surface area contributed by atoms with Crippen LogP contribution in [0.3, 0.4) is 0 Å². The molecule has 140 valence electrons. The minimum absolute atomic E-state index is 0.0224. The molecular formula is C14H17ClF3N3O4. The minimum Gasteiger partial charge on any atom is -0.359 e. The van der Waals surface area contributed by atoms with Crippen molar-refractivity contribution in [1.29, 1.82) is 0 Å². The summed E-state index contributed by atoms with van der Waals surface area (Å²) in [4.78, 5) is 21.8. The zero-order chi connectivity index (χ0) is 19.4. The third-order valence-electron chi connectivity index (χ3n) is 3.36. The maximum absolute atomic E-state index is 12.9. The second kappa shape index (κ2) is 8.32. The Bertz CT molecular complexity index is 618. The van der Waals surface area contributed by atoms with Gasteiger partial charge in [0, 0.05) is 30.6 Å². The van der Waals surface area contributed by atoms with E-state index in [-0.39, 0.29) is 13.1 Å². The fourth-order valence-corrected chi connectivity index (χ4v) is 2.48. The van der Waals surface area contributed by atoms with Gasteiger partial charge < -0.3 is 4.90 Å². The van der Waals surface area contributed by atoms with Crippen molar-refractivity contribution < 1.29 is 23.0 Å². The number of anilines is 1. The fraction of sp³-hybridized carbons (Fsp3) is 0.571. The molecule has 1 aromatic carbocycles. The summed E-state index contributed by atoms with van der Waals surface area (Å²) in [6, 6.07) is 0.639. The lowest BCUT2D eigenvalue weighted by molar-refractivity contribution is -0.393. The topological polar surface area (TPSA) is 89.5 Å². The van der Waals surface area contributed by atoms with Gasteiger partial charge in [0.05, 0.1) is 15.4 Å². The van der Waals surface area contributed by atoms with Gasteiger partial charge in [-0.1, -0.05) is 13.3 Å². The van der Waals surface area contributed by atoms with Crippen molar-refractivity contribution >= 4 is 28.7 Å². The summed E-state index contributed by atoms with van der Waals surface area (Å²) in [5.74, 6) is 0. The lowest BCUT2D eigenvalue weighted by Crippen LogP contribution is -2.31. The molecule has 0 saturated carbocycles. The third-order valence-corrected chi connectivity index (χ3v) is 3.50. The fourth-order valence-electron chi connectivity index (χ4n) is 2.32. The summed E-state index contributed by atoms with van der Waals surface area (Å²) in [5.41, 5.74) is -3.82. The number of alkyl halides is 4. The number of nitrogens with zero attached hydrogens (tertiary/aromatic N) is 3. The zero-order valence-electron chi connectivity index (χ0n) is 13.5. The van der Waals surface area contributed by atoms with Crippen LogP contribution in [0.4, 0.5) is 30.2 Å². The van der Waals surface area contributed by atoms with Crippen molar-refractivity contribution in [2.24, 2.45) is 0 Å². The standard InChI is InChI=1S/C14H17ClF3N3O4/c1-3-4-5-19(8-9(2)15)13-11(20(22)23)6-10(14(16,17)18)7-12(13)21(24)25/h6-7,9H,3-5,8H2,1-2H3. The van der Waals surface area contributed by atoms with E-state index in [0.29, 0.717) is 25.0 Å². The van der Waals surface area contributed by atoms with E-state index in [1.807, 2.05) is 6.92 Å². The smallest absolute Gasteiger partial charge is 0.359 e. The molecule has 1 aromatic rings. The molecule has 0 saturated heterocycles. The van der Waals surface area contributed by atoms with Gasteiger partial charge in [-0.2, -0.15) is 13.2 Å². The quantitative estimate of drug-likeness (QED) is 0.367. The molecule has 0 aliphatic heterocycles. The molecule has 0 amide bonds. The molecule has 11 heteroatoms. The molecule has 1 rings (SSSR count). The van der Waals surface area contributed by atoms with Crippen LogP contribution in [0.5, 0.6) is 0 Å². The monoisotopic (exact) mass is 383 g/mol. The van der Waals surface area contributed by atoms with Gasteiger partial charge in [-0.05, 0) is 13.3 Å². The maximum Gasteiger partial charge on any atom is 0.416 e. The Morgan fingerprint density at radius 1 is 1.20 bits per heavy atom. The van der Waals surface area contributed by atoms with Crippen molar-refractivity contribution in [1.82, 2.24) is 0 Å². The zero-order valence-corrected chi connectivity index (χ0v) is 14.3. The molecule has 0 heterocycles. The van der Waals surface area contributed by atoms with Crippen LogP contribution in [0.2, 0.25) is 0 Å². The molecule has 25 heavy (non-hydrogen) atoms. The number of hydrogen-bond acceptors (Lipinski definition) is 5. The Hall–Kier alpha value is -2.10. The van der Waals surface area contributed by atoms with E-state index in [4.69, 9.17) is 11.6 Å². The number of hydrogen-bond donors (Lipinski definition) is 0. The van der Waals surface area contributed by atoms with E-state index in [2.05, 4.69) is 0 Å². The second-order valence-corrected chi connectivity index (χ2v) is 6.20. The predicted molar refractivity (Wildman–Crippen MR) is 87.2 cm³/mol. The van der Waals surface area contributed by atoms with Crippen LogP contribution >= 0.6 is 11.6 Å². The van der Waals surface area contributed by atoms with Crippen LogP contribution in [0, 0.1) is 20.2 Å². The van der Waals surface area contributed by atoms with E-state index in [1.54, 1.807) is 6.92 Å². The van der Waals surface area contributed by atoms with Gasteiger partial charge >= 0.3 is 6.18 Å². The van der Waals surface area contributed by atoms with E-state index >= 15 is 0 Å². The van der Waals surface area contributed by atoms with Crippen LogP contribution < -0.4 is 4.90 Å². The van der Waals surface area contributed by atoms with E-state index in [1.165, 1.54) is 4.90 Å². The molecule has 0 radical (unpaired) electrons. The Balaban J connectivity index is 3.67. The Morgan fingerprint density at radius 3 is 2.00 bits per heavy atom. The Morgan fingerprint density at radius 2 is 1.68 bits per heavy atom. The van der Waals surface area contributed by atoms with Gasteiger partial charge in [-0.15, -0.1) is 11.6 Å². The normalized spacial score (nSPS) is 12.7. The summed E-state index contributed by atoms with van der Waals surface area (Å²) in [6.45, 7) is 3.65. The highest BCUT2D eigenvalue weighted by Gasteiger charge is 2.39. The molecule has 0 fully saturated rings. The van der Waals surface area contributed by atoms with Crippen LogP contribution in [-0.2, 0) is 6.18 Å². The average Bonchev–Trinajstić information content (AvgIpc) is 2.48. The molecule has 1 unspecified atom stereocenters. The lowest BCUT2D eigenvalue weighted by Gasteiger charge is -2.25. The van der Waals surface area contributed by atoms with Crippen LogP contribution in [-0.4, -0.2) is 28.3 Å². The Kier molecular flexibility index (Phi) is 6.97. The van der Waals surface area contributed by atoms with E-state index in [9.17, 15) is 33.4 Å². The first kappa shape index (κ1) is 20.9. The van der Waals surface area contributed by atoms with Gasteiger partial charge in [0.15, 0.2) is 5.69 Å². The predicted octanol–water partition coefficient (Wildman–Crippen LogP) is 4.76. The van der Waals surface area contributed by atoms with Crippen LogP contribution in [0.15, 0.2) is 12.1 Å². The Labute approximate surface area is 146 Å². The van der Waals surface area contributed by atoms with Crippen molar-refractivity contribution in [3.05, 3.63) is 37.9 Å². The molecule has 0 aliphatic rings. The molecule has 1 atom stereocenters. The summed E-state index contributed by atoms with van der Waals surface area (Å²) in [6.07, 6.45) is -3.71. The first-order valence-corrected chi connectivity index (χ1v) is 7.85. The highest BCUT2D eigenvalue weighted by molar-refractivity contribution is 6.20. The number of benzene rings is 1. The largest absolute Gasteiger partial charge is 0.416 e. The van der Waals surface area contributed by atoms with Crippen molar-refractivity contribution in [2.75, 3.05) is 18.0 Å². The summed E-state index contributed by atoms with van der Waals surface area (Å²) >= 11 is 5.91. The first-order chi connectivity index (χ1) is 11.5. The van der Waals surface area contributed by atoms with Crippen molar-refractivity contribution in [3.63, 3.8) is 0 Å². The SMILES string of the molecule is CCCCN(CC(C)Cl)c1c([N+](=O)[O-])cc(C(F)(F)F)cc1[N+](=O)[O-]. The van der Waals surface area contributed by atoms with Gasteiger partial charge in [0.1, 0.15) is 0 Å². The maximum atomic E-state index is 12.9. The highest BCUT2D eigenvalue weighted by atomic mass is 35.5. The molecule has 0 N–H and O–H groups in total. The van der Waals surface area contributed by atoms with Gasteiger partial charge in [0.25, 0.3) is 11.4 Å². The van der Waals surface area contributed by atoms with E-state index < -0.39 is 44.0 Å². The number of nitro benzene ring substituents is 2. The van der Waals surface area contributed by atoms with Gasteiger partial charge in [-0.25, -0.2) is 0 Å². The van der Waals surface area contributed by atoms with Gasteiger partial charge in [-0.3, -0.25) is 20.2 Å². The van der Waals surface area contributed by atoms with Crippen molar-refractivity contribution in [2.45, 2.75) is 38.2 Å². The molecule has 0 aliphatic carbocycles. The molecule has 0 aromatic heterocycles. The third kappa shape index (κ3) is 5.45. The summed E-state index contributed by atoms with van der Waals surface area (Å²) < 4.78 is 38.8. The lowest BCUT2D eigenvalue weighted by atomic mass is 10.1. The number of nitro groups is 2. The molecule has 0 bridgehead atoms. The van der Waals surface area contributed by atoms with Crippen LogP contribution in [0.1, 0.15) is 32.3 Å². The van der Waals surface area contributed by atoms with E-state index in [0.717, 1.165) is 0 Å². The second-order valence-electron chi connectivity index (χ2n) is 5.46. The number of rotatable bonds is 8. The number of unbranched alkanes of at least 4 members (excludes halogenated alkanes) is 1. The minimum atomic E-state index is -4.94. The van der Waals surface area contributed by atoms with Crippen molar-refractivity contribution in [3.8, 4) is 0 Å². The molecular weight excluding hydrogens is 367 g/mol. The highest BCUT2D eigenvalue weighted by Crippen LogP contribution is 2.43. The summed E-state index contributed by atoms with van der Waals surface area (Å²) in [5, 5.41) is 22.1. The number of halogens is 4. The average molecular weight is 384 g/mol. The molecule has 7 nitrogen and oxygen atoms in total. The van der Waals surface area contributed by atoms with Crippen LogP contribution in [0.25, 0.3) is 0 Å². The van der Waals surface area contributed by atoms with Gasteiger partial charge in [0.2, 0.25) is 0 Å². The summed E-state index contributed by atoms with van der Waals surface area (Å²) in [7, 11) is 0. The first-order valence-electron chi connectivity index (χ1n) is 7.42. The molecule has 0 spiro atoms.